The number of guanidine groups is 1. The van der Waals surface area contributed by atoms with Crippen LogP contribution in [0, 0.1) is 0 Å². The van der Waals surface area contributed by atoms with Gasteiger partial charge in [-0.2, -0.15) is 0 Å². The molecule has 0 bridgehead atoms. The van der Waals surface area contributed by atoms with Crippen LogP contribution in [-0.4, -0.2) is 30.7 Å². The van der Waals surface area contributed by atoms with E-state index >= 15 is 0 Å². The van der Waals surface area contributed by atoms with Gasteiger partial charge in [-0.3, -0.25) is 0 Å². The highest BCUT2D eigenvalue weighted by molar-refractivity contribution is 7.10. The van der Waals surface area contributed by atoms with Gasteiger partial charge in [0.15, 0.2) is 5.96 Å². The molecule has 3 N–H and O–H groups in total. The number of rotatable bonds is 9. The summed E-state index contributed by atoms with van der Waals surface area (Å²) in [6.07, 6.45) is 3.40. The van der Waals surface area contributed by atoms with Crippen molar-refractivity contribution >= 4 is 28.6 Å². The lowest BCUT2D eigenvalue weighted by atomic mass is 10.1. The second-order valence-corrected chi connectivity index (χ2v) is 8.41. The summed E-state index contributed by atoms with van der Waals surface area (Å²) in [4.78, 5) is 6.87. The molecule has 5 nitrogen and oxygen atoms in total. The summed E-state index contributed by atoms with van der Waals surface area (Å²) < 4.78 is 5.37. The van der Waals surface area contributed by atoms with Crippen LogP contribution < -0.4 is 10.6 Å². The Bertz CT molecular complexity index is 752. The van der Waals surface area contributed by atoms with E-state index in [9.17, 15) is 5.11 Å². The van der Waals surface area contributed by atoms with E-state index in [-0.39, 0.29) is 0 Å². The van der Waals surface area contributed by atoms with E-state index < -0.39 is 5.60 Å². The predicted octanol–water partition coefficient (Wildman–Crippen LogP) is 3.63. The summed E-state index contributed by atoms with van der Waals surface area (Å²) in [7, 11) is 0. The number of aliphatic imine (C=N–C) groups is 1. The van der Waals surface area contributed by atoms with Crippen LogP contribution >= 0.6 is 22.7 Å². The molecule has 0 saturated heterocycles. The van der Waals surface area contributed by atoms with Gasteiger partial charge in [0.25, 0.3) is 0 Å². The zero-order chi connectivity index (χ0) is 19.0. The van der Waals surface area contributed by atoms with Crippen molar-refractivity contribution < 1.29 is 9.52 Å². The van der Waals surface area contributed by atoms with Crippen molar-refractivity contribution in [3.8, 4) is 0 Å². The summed E-state index contributed by atoms with van der Waals surface area (Å²) >= 11 is 3.30. The molecule has 0 aliphatic heterocycles. The first kappa shape index (κ1) is 19.7. The van der Waals surface area contributed by atoms with Gasteiger partial charge in [-0.15, -0.1) is 22.7 Å². The summed E-state index contributed by atoms with van der Waals surface area (Å²) in [6, 6.07) is 11.9. The molecule has 0 amide bonds. The number of hydrogen-bond acceptors (Lipinski definition) is 5. The van der Waals surface area contributed by atoms with E-state index in [1.165, 1.54) is 4.88 Å². The number of thiophene rings is 2. The Morgan fingerprint density at radius 3 is 2.52 bits per heavy atom. The van der Waals surface area contributed by atoms with Crippen molar-refractivity contribution in [1.29, 1.82) is 0 Å². The molecule has 3 aromatic rings. The Morgan fingerprint density at radius 1 is 1.07 bits per heavy atom. The van der Waals surface area contributed by atoms with E-state index in [4.69, 9.17) is 4.42 Å². The molecule has 0 saturated carbocycles. The molecule has 3 aromatic heterocycles. The van der Waals surface area contributed by atoms with Gasteiger partial charge in [0, 0.05) is 29.3 Å². The smallest absolute Gasteiger partial charge is 0.191 e. The van der Waals surface area contributed by atoms with Crippen molar-refractivity contribution in [2.45, 2.75) is 25.4 Å². The van der Waals surface area contributed by atoms with Crippen LogP contribution in [0.5, 0.6) is 0 Å². The average molecular weight is 404 g/mol. The first-order valence-corrected chi connectivity index (χ1v) is 10.7. The third-order valence-corrected chi connectivity index (χ3v) is 6.14. The number of hydrogen-bond donors (Lipinski definition) is 3. The lowest BCUT2D eigenvalue weighted by molar-refractivity contribution is 0.0711. The molecule has 0 spiro atoms. The van der Waals surface area contributed by atoms with E-state index in [0.717, 1.165) is 30.0 Å². The normalized spacial score (nSPS) is 14.1. The molecule has 1 unspecified atom stereocenters. The summed E-state index contributed by atoms with van der Waals surface area (Å²) in [5, 5.41) is 21.5. The van der Waals surface area contributed by atoms with Gasteiger partial charge < -0.3 is 20.2 Å². The molecule has 0 aliphatic carbocycles. The molecule has 0 aliphatic rings. The minimum Gasteiger partial charge on any atom is -0.469 e. The number of aliphatic hydroxyl groups is 1. The van der Waals surface area contributed by atoms with E-state index in [2.05, 4.69) is 33.1 Å². The average Bonchev–Trinajstić information content (AvgIpc) is 3.42. The standard InChI is InChI=1S/C20H25N3O2S2/c1-20(24,18-7-4-14-27-18)15-23-19(21-10-8-16-5-2-12-25-16)22-11-9-17-6-3-13-26-17/h2-7,12-14,24H,8-11,15H2,1H3,(H2,21,22,23). The highest BCUT2D eigenvalue weighted by Gasteiger charge is 2.24. The van der Waals surface area contributed by atoms with Crippen LogP contribution in [0.2, 0.25) is 0 Å². The molecular weight excluding hydrogens is 378 g/mol. The van der Waals surface area contributed by atoms with Crippen LogP contribution in [0.3, 0.4) is 0 Å². The predicted molar refractivity (Wildman–Crippen MR) is 113 cm³/mol. The zero-order valence-corrected chi connectivity index (χ0v) is 17.0. The third kappa shape index (κ3) is 6.23. The largest absolute Gasteiger partial charge is 0.469 e. The second-order valence-electron chi connectivity index (χ2n) is 6.43. The van der Waals surface area contributed by atoms with E-state index in [0.29, 0.717) is 19.0 Å². The topological polar surface area (TPSA) is 69.8 Å². The number of nitrogens with zero attached hydrogens (tertiary/aromatic N) is 1. The molecule has 0 fully saturated rings. The molecule has 0 aromatic carbocycles. The van der Waals surface area contributed by atoms with Crippen LogP contribution in [0.4, 0.5) is 0 Å². The molecule has 3 heterocycles. The van der Waals surface area contributed by atoms with Gasteiger partial charge in [-0.1, -0.05) is 12.1 Å². The Kier molecular flexibility index (Phi) is 7.09. The van der Waals surface area contributed by atoms with Crippen molar-refractivity contribution in [3.05, 3.63) is 68.9 Å². The minimum absolute atomic E-state index is 0.294. The molecule has 3 rings (SSSR count). The van der Waals surface area contributed by atoms with Crippen LogP contribution in [0.25, 0.3) is 0 Å². The zero-order valence-electron chi connectivity index (χ0n) is 15.4. The fourth-order valence-corrected chi connectivity index (χ4v) is 4.08. The van der Waals surface area contributed by atoms with Gasteiger partial charge >= 0.3 is 0 Å². The fourth-order valence-electron chi connectivity index (χ4n) is 2.59. The SMILES string of the molecule is CC(O)(CN=C(NCCc1ccco1)NCCc1cccs1)c1cccs1. The molecule has 1 atom stereocenters. The summed E-state index contributed by atoms with van der Waals surface area (Å²) in [6.45, 7) is 3.59. The van der Waals surface area contributed by atoms with Crippen LogP contribution in [0.1, 0.15) is 22.4 Å². The second kappa shape index (κ2) is 9.73. The van der Waals surface area contributed by atoms with Crippen molar-refractivity contribution in [1.82, 2.24) is 10.6 Å². The highest BCUT2D eigenvalue weighted by Crippen LogP contribution is 2.25. The van der Waals surface area contributed by atoms with Crippen molar-refractivity contribution in [2.24, 2.45) is 4.99 Å². The molecule has 144 valence electrons. The lowest BCUT2D eigenvalue weighted by Gasteiger charge is -2.20. The quantitative estimate of drug-likeness (QED) is 0.377. The Morgan fingerprint density at radius 2 is 1.85 bits per heavy atom. The maximum atomic E-state index is 10.7. The molecule has 7 heteroatoms. The Balaban J connectivity index is 1.56. The van der Waals surface area contributed by atoms with E-state index in [1.54, 1.807) is 35.9 Å². The van der Waals surface area contributed by atoms with Gasteiger partial charge in [-0.05, 0) is 48.4 Å². The number of furan rings is 1. The first-order valence-electron chi connectivity index (χ1n) is 8.97. The maximum Gasteiger partial charge on any atom is 0.191 e. The Hall–Kier alpha value is -2.09. The van der Waals surface area contributed by atoms with Gasteiger partial charge in [0.2, 0.25) is 0 Å². The monoisotopic (exact) mass is 403 g/mol. The van der Waals surface area contributed by atoms with Gasteiger partial charge in [0.05, 0.1) is 12.8 Å². The first-order chi connectivity index (χ1) is 13.1. The maximum absolute atomic E-state index is 10.7. The lowest BCUT2D eigenvalue weighted by Crippen LogP contribution is -2.40. The Labute approximate surface area is 167 Å². The number of nitrogens with one attached hydrogen (secondary N) is 2. The third-order valence-electron chi connectivity index (χ3n) is 4.08. The van der Waals surface area contributed by atoms with Crippen LogP contribution in [0.15, 0.2) is 62.8 Å². The van der Waals surface area contributed by atoms with Gasteiger partial charge in [-0.25, -0.2) is 4.99 Å². The molecule has 27 heavy (non-hydrogen) atoms. The summed E-state index contributed by atoms with van der Waals surface area (Å²) in [5.74, 6) is 1.64. The van der Waals surface area contributed by atoms with Gasteiger partial charge in [0.1, 0.15) is 11.4 Å². The highest BCUT2D eigenvalue weighted by atomic mass is 32.1. The van der Waals surface area contributed by atoms with Crippen LogP contribution in [-0.2, 0) is 18.4 Å². The van der Waals surface area contributed by atoms with Crippen molar-refractivity contribution in [3.63, 3.8) is 0 Å². The summed E-state index contributed by atoms with van der Waals surface area (Å²) in [5.41, 5.74) is -0.975. The fraction of sp³-hybridized carbons (Fsp3) is 0.350. The molecule has 0 radical (unpaired) electrons. The minimum atomic E-state index is -0.975. The molecular formula is C20H25N3O2S2. The van der Waals surface area contributed by atoms with Crippen molar-refractivity contribution in [2.75, 3.05) is 19.6 Å². The van der Waals surface area contributed by atoms with E-state index in [1.807, 2.05) is 29.6 Å².